The molecular weight excluding hydrogens is 246 g/mol. The second-order valence-corrected chi connectivity index (χ2v) is 5.01. The average Bonchev–Trinajstić information content (AvgIpc) is 2.89. The Labute approximate surface area is 111 Å². The topological polar surface area (TPSA) is 62.7 Å². The first kappa shape index (κ1) is 12.8. The van der Waals surface area contributed by atoms with Gasteiger partial charge in [-0.3, -0.25) is 0 Å². The van der Waals surface area contributed by atoms with E-state index in [0.717, 1.165) is 29.0 Å². The lowest BCUT2D eigenvalue weighted by atomic mass is 10.2. The van der Waals surface area contributed by atoms with Crippen LogP contribution in [0.3, 0.4) is 0 Å². The Morgan fingerprint density at radius 3 is 2.78 bits per heavy atom. The van der Waals surface area contributed by atoms with Gasteiger partial charge in [0.1, 0.15) is 17.5 Å². The van der Waals surface area contributed by atoms with Crippen LogP contribution in [0.1, 0.15) is 23.7 Å². The third-order valence-corrected chi connectivity index (χ3v) is 3.56. The maximum absolute atomic E-state index is 4.36. The average molecular weight is 263 g/mol. The minimum Gasteiger partial charge on any atom is -0.373 e. The van der Waals surface area contributed by atoms with E-state index in [1.54, 1.807) is 11.3 Å². The summed E-state index contributed by atoms with van der Waals surface area (Å²) in [6.07, 6.45) is 1.84. The number of thiazole rings is 1. The Hall–Kier alpha value is -1.69. The largest absolute Gasteiger partial charge is 0.373 e. The summed E-state index contributed by atoms with van der Waals surface area (Å²) in [5.41, 5.74) is 0. The molecule has 0 spiro atoms. The third-order valence-electron chi connectivity index (χ3n) is 2.56. The monoisotopic (exact) mass is 263 g/mol. The van der Waals surface area contributed by atoms with Gasteiger partial charge in [-0.05, 0) is 6.92 Å². The molecule has 2 aromatic heterocycles. The third kappa shape index (κ3) is 3.16. The van der Waals surface area contributed by atoms with Crippen molar-refractivity contribution in [2.45, 2.75) is 19.8 Å². The van der Waals surface area contributed by atoms with Crippen molar-refractivity contribution in [3.8, 4) is 0 Å². The summed E-state index contributed by atoms with van der Waals surface area (Å²) >= 11 is 1.68. The number of anilines is 2. The molecule has 18 heavy (non-hydrogen) atoms. The molecule has 2 N–H and O–H groups in total. The molecule has 0 radical (unpaired) electrons. The molecule has 0 aliphatic rings. The van der Waals surface area contributed by atoms with Crippen molar-refractivity contribution in [3.63, 3.8) is 0 Å². The quantitative estimate of drug-likeness (QED) is 0.868. The van der Waals surface area contributed by atoms with Crippen LogP contribution in [0.5, 0.6) is 0 Å². The Bertz CT molecular complexity index is 497. The normalized spacial score (nSPS) is 12.2. The molecule has 6 heteroatoms. The Balaban J connectivity index is 1.99. The maximum atomic E-state index is 4.36. The first-order chi connectivity index (χ1) is 8.69. The molecule has 0 saturated carbocycles. The molecule has 1 unspecified atom stereocenters. The number of aryl methyl sites for hydroxylation is 1. The lowest BCUT2D eigenvalue weighted by Gasteiger charge is -2.11. The van der Waals surface area contributed by atoms with Crippen LogP contribution >= 0.6 is 11.3 Å². The molecule has 0 aromatic carbocycles. The Kier molecular flexibility index (Phi) is 4.09. The molecule has 5 nitrogen and oxygen atoms in total. The molecule has 2 rings (SSSR count). The van der Waals surface area contributed by atoms with E-state index in [1.807, 2.05) is 31.6 Å². The highest BCUT2D eigenvalue weighted by atomic mass is 32.1. The van der Waals surface area contributed by atoms with E-state index in [9.17, 15) is 0 Å². The van der Waals surface area contributed by atoms with Gasteiger partial charge < -0.3 is 10.6 Å². The van der Waals surface area contributed by atoms with Crippen LogP contribution in [-0.4, -0.2) is 28.5 Å². The van der Waals surface area contributed by atoms with Crippen molar-refractivity contribution < 1.29 is 0 Å². The van der Waals surface area contributed by atoms with Gasteiger partial charge in [0.15, 0.2) is 0 Å². The summed E-state index contributed by atoms with van der Waals surface area (Å²) in [6.45, 7) is 4.85. The van der Waals surface area contributed by atoms with Gasteiger partial charge in [0.05, 0.1) is 5.01 Å². The van der Waals surface area contributed by atoms with Crippen molar-refractivity contribution >= 4 is 23.0 Å². The van der Waals surface area contributed by atoms with Gasteiger partial charge in [-0.2, -0.15) is 0 Å². The second kappa shape index (κ2) is 5.77. The molecule has 0 aliphatic heterocycles. The minimum atomic E-state index is 0.373. The molecule has 0 saturated heterocycles. The van der Waals surface area contributed by atoms with Crippen molar-refractivity contribution in [2.75, 3.05) is 24.2 Å². The molecular formula is C12H17N5S. The van der Waals surface area contributed by atoms with Crippen LogP contribution in [0.2, 0.25) is 0 Å². The highest BCUT2D eigenvalue weighted by Gasteiger charge is 2.08. The second-order valence-electron chi connectivity index (χ2n) is 4.09. The number of rotatable bonds is 5. The maximum Gasteiger partial charge on any atom is 0.131 e. The lowest BCUT2D eigenvalue weighted by molar-refractivity contribution is 0.790. The van der Waals surface area contributed by atoms with E-state index in [0.29, 0.717) is 5.92 Å². The van der Waals surface area contributed by atoms with E-state index in [4.69, 9.17) is 0 Å². The van der Waals surface area contributed by atoms with Crippen LogP contribution in [0.25, 0.3) is 0 Å². The molecule has 2 heterocycles. The smallest absolute Gasteiger partial charge is 0.131 e. The predicted molar refractivity (Wildman–Crippen MR) is 75.3 cm³/mol. The van der Waals surface area contributed by atoms with Gasteiger partial charge in [0, 0.05) is 37.2 Å². The van der Waals surface area contributed by atoms with E-state index in [1.165, 1.54) is 0 Å². The van der Waals surface area contributed by atoms with Crippen molar-refractivity contribution in [2.24, 2.45) is 0 Å². The zero-order valence-corrected chi connectivity index (χ0v) is 11.6. The number of hydrogen-bond acceptors (Lipinski definition) is 6. The van der Waals surface area contributed by atoms with E-state index in [2.05, 4.69) is 32.5 Å². The Morgan fingerprint density at radius 1 is 1.33 bits per heavy atom. The minimum absolute atomic E-state index is 0.373. The van der Waals surface area contributed by atoms with Crippen LogP contribution in [0.15, 0.2) is 17.6 Å². The predicted octanol–water partition coefficient (Wildman–Crippen LogP) is 2.50. The summed E-state index contributed by atoms with van der Waals surface area (Å²) in [7, 11) is 1.85. The SMILES string of the molecule is CNc1cc(NCC(C)c2nccs2)nc(C)n1. The van der Waals surface area contributed by atoms with E-state index in [-0.39, 0.29) is 0 Å². The fraction of sp³-hybridized carbons (Fsp3) is 0.417. The summed E-state index contributed by atoms with van der Waals surface area (Å²) in [6, 6.07) is 1.90. The molecule has 0 fully saturated rings. The standard InChI is InChI=1S/C12H17N5S/c1-8(12-14-4-5-18-12)7-15-11-6-10(13-3)16-9(2)17-11/h4-6,8H,7H2,1-3H3,(H2,13,15,16,17). The number of nitrogens with one attached hydrogen (secondary N) is 2. The zero-order valence-electron chi connectivity index (χ0n) is 10.8. The van der Waals surface area contributed by atoms with E-state index >= 15 is 0 Å². The number of aromatic nitrogens is 3. The molecule has 0 bridgehead atoms. The van der Waals surface area contributed by atoms with Crippen molar-refractivity contribution in [1.82, 2.24) is 15.0 Å². The van der Waals surface area contributed by atoms with Gasteiger partial charge in [0.2, 0.25) is 0 Å². The highest BCUT2D eigenvalue weighted by Crippen LogP contribution is 2.18. The summed E-state index contributed by atoms with van der Waals surface area (Å²) in [5, 5.41) is 9.49. The summed E-state index contributed by atoms with van der Waals surface area (Å²) in [4.78, 5) is 12.9. The van der Waals surface area contributed by atoms with Gasteiger partial charge in [0.25, 0.3) is 0 Å². The van der Waals surface area contributed by atoms with Gasteiger partial charge in [-0.25, -0.2) is 15.0 Å². The molecule has 0 aliphatic carbocycles. The Morgan fingerprint density at radius 2 is 2.11 bits per heavy atom. The number of hydrogen-bond donors (Lipinski definition) is 2. The van der Waals surface area contributed by atoms with Crippen molar-refractivity contribution in [1.29, 1.82) is 0 Å². The van der Waals surface area contributed by atoms with Crippen molar-refractivity contribution in [3.05, 3.63) is 28.5 Å². The molecule has 1 atom stereocenters. The first-order valence-corrected chi connectivity index (χ1v) is 6.73. The van der Waals surface area contributed by atoms with E-state index < -0.39 is 0 Å². The van der Waals surface area contributed by atoms with Gasteiger partial charge in [-0.1, -0.05) is 6.92 Å². The molecule has 2 aromatic rings. The van der Waals surface area contributed by atoms with Crippen LogP contribution in [-0.2, 0) is 0 Å². The van der Waals surface area contributed by atoms with Gasteiger partial charge >= 0.3 is 0 Å². The van der Waals surface area contributed by atoms with Crippen LogP contribution < -0.4 is 10.6 Å². The van der Waals surface area contributed by atoms with Crippen LogP contribution in [0, 0.1) is 6.92 Å². The fourth-order valence-electron chi connectivity index (χ4n) is 1.61. The highest BCUT2D eigenvalue weighted by molar-refractivity contribution is 7.09. The summed E-state index contributed by atoms with van der Waals surface area (Å²) in [5.74, 6) is 2.80. The lowest BCUT2D eigenvalue weighted by Crippen LogP contribution is -2.11. The van der Waals surface area contributed by atoms with Crippen LogP contribution in [0.4, 0.5) is 11.6 Å². The summed E-state index contributed by atoms with van der Waals surface area (Å²) < 4.78 is 0. The fourth-order valence-corrected chi connectivity index (χ4v) is 2.31. The molecule has 96 valence electrons. The molecule has 0 amide bonds. The first-order valence-electron chi connectivity index (χ1n) is 5.85. The van der Waals surface area contributed by atoms with Gasteiger partial charge in [-0.15, -0.1) is 11.3 Å². The zero-order chi connectivity index (χ0) is 13.0. The number of nitrogens with zero attached hydrogens (tertiary/aromatic N) is 3.